The first kappa shape index (κ1) is 14.0. The molecule has 1 aromatic heterocycles. The lowest BCUT2D eigenvalue weighted by molar-refractivity contribution is 0.731. The van der Waals surface area contributed by atoms with Crippen molar-refractivity contribution >= 4 is 22.2 Å². The zero-order valence-electron chi connectivity index (χ0n) is 12.0. The van der Waals surface area contributed by atoms with E-state index in [9.17, 15) is 0 Å². The van der Waals surface area contributed by atoms with Crippen molar-refractivity contribution in [1.29, 1.82) is 0 Å². The van der Waals surface area contributed by atoms with E-state index in [1.807, 2.05) is 0 Å². The highest BCUT2D eigenvalue weighted by atomic mass is 32.1. The van der Waals surface area contributed by atoms with Crippen LogP contribution in [-0.4, -0.2) is 18.6 Å². The number of nitrogens with one attached hydrogen (secondary N) is 1. The van der Waals surface area contributed by atoms with Crippen molar-refractivity contribution < 1.29 is 0 Å². The van der Waals surface area contributed by atoms with Crippen LogP contribution in [0.15, 0.2) is 24.3 Å². The van der Waals surface area contributed by atoms with E-state index in [0.717, 1.165) is 23.9 Å². The Morgan fingerprint density at radius 3 is 2.68 bits per heavy atom. The number of para-hydroxylation sites is 1. The van der Waals surface area contributed by atoms with Crippen LogP contribution in [-0.2, 0) is 6.54 Å². The van der Waals surface area contributed by atoms with Gasteiger partial charge in [0, 0.05) is 24.2 Å². The SMILES string of the molecule is CCNCc1sc(N(C)c2ccccc2C)nc1C. The van der Waals surface area contributed by atoms with E-state index in [1.165, 1.54) is 16.1 Å². The van der Waals surface area contributed by atoms with E-state index >= 15 is 0 Å². The van der Waals surface area contributed by atoms with Crippen LogP contribution in [0.3, 0.4) is 0 Å². The van der Waals surface area contributed by atoms with Crippen LogP contribution in [0.1, 0.15) is 23.1 Å². The number of aromatic nitrogens is 1. The molecule has 0 amide bonds. The van der Waals surface area contributed by atoms with Crippen molar-refractivity contribution in [2.45, 2.75) is 27.3 Å². The zero-order valence-corrected chi connectivity index (χ0v) is 12.8. The summed E-state index contributed by atoms with van der Waals surface area (Å²) in [6, 6.07) is 8.40. The molecule has 1 aromatic carbocycles. The van der Waals surface area contributed by atoms with Gasteiger partial charge >= 0.3 is 0 Å². The average Bonchev–Trinajstić information content (AvgIpc) is 2.77. The summed E-state index contributed by atoms with van der Waals surface area (Å²) in [7, 11) is 2.08. The highest BCUT2D eigenvalue weighted by molar-refractivity contribution is 7.15. The Hall–Kier alpha value is -1.39. The minimum absolute atomic E-state index is 0.904. The number of benzene rings is 1. The largest absolute Gasteiger partial charge is 0.321 e. The first-order chi connectivity index (χ1) is 9.13. The molecule has 1 heterocycles. The minimum atomic E-state index is 0.904. The maximum absolute atomic E-state index is 4.69. The molecule has 4 heteroatoms. The van der Waals surface area contributed by atoms with E-state index in [2.05, 4.69) is 67.3 Å². The fourth-order valence-corrected chi connectivity index (χ4v) is 3.01. The third-order valence-corrected chi connectivity index (χ3v) is 4.41. The molecule has 1 N–H and O–H groups in total. The Morgan fingerprint density at radius 1 is 1.26 bits per heavy atom. The van der Waals surface area contributed by atoms with Crippen molar-refractivity contribution in [3.05, 3.63) is 40.4 Å². The summed E-state index contributed by atoms with van der Waals surface area (Å²) in [6.45, 7) is 8.23. The maximum atomic E-state index is 4.69. The second-order valence-corrected chi connectivity index (χ2v) is 5.69. The van der Waals surface area contributed by atoms with Gasteiger partial charge in [-0.1, -0.05) is 36.5 Å². The zero-order chi connectivity index (χ0) is 13.8. The molecular weight excluding hydrogens is 254 g/mol. The molecule has 3 nitrogen and oxygen atoms in total. The number of hydrogen-bond acceptors (Lipinski definition) is 4. The second kappa shape index (κ2) is 6.17. The van der Waals surface area contributed by atoms with Gasteiger partial charge in [-0.3, -0.25) is 0 Å². The van der Waals surface area contributed by atoms with E-state index in [-0.39, 0.29) is 0 Å². The average molecular weight is 275 g/mol. The number of thiazole rings is 1. The molecule has 2 aromatic rings. The van der Waals surface area contributed by atoms with Gasteiger partial charge < -0.3 is 10.2 Å². The molecule has 0 fully saturated rings. The fourth-order valence-electron chi connectivity index (χ4n) is 2.00. The first-order valence-electron chi connectivity index (χ1n) is 6.60. The number of nitrogens with zero attached hydrogens (tertiary/aromatic N) is 2. The summed E-state index contributed by atoms with van der Waals surface area (Å²) < 4.78 is 0. The monoisotopic (exact) mass is 275 g/mol. The highest BCUT2D eigenvalue weighted by Gasteiger charge is 2.13. The van der Waals surface area contributed by atoms with E-state index in [0.29, 0.717) is 0 Å². The Balaban J connectivity index is 2.25. The third-order valence-electron chi connectivity index (χ3n) is 3.18. The van der Waals surface area contributed by atoms with Gasteiger partial charge in [-0.25, -0.2) is 4.98 Å². The molecule has 0 spiro atoms. The third kappa shape index (κ3) is 3.14. The molecule has 0 saturated carbocycles. The van der Waals surface area contributed by atoms with Gasteiger partial charge in [0.25, 0.3) is 0 Å². The highest BCUT2D eigenvalue weighted by Crippen LogP contribution is 2.31. The fraction of sp³-hybridized carbons (Fsp3) is 0.400. The van der Waals surface area contributed by atoms with Gasteiger partial charge in [0.05, 0.1) is 5.69 Å². The summed E-state index contributed by atoms with van der Waals surface area (Å²) in [5.74, 6) is 0. The Kier molecular flexibility index (Phi) is 4.56. The summed E-state index contributed by atoms with van der Waals surface area (Å²) in [4.78, 5) is 8.17. The van der Waals surface area contributed by atoms with Gasteiger partial charge in [0.15, 0.2) is 5.13 Å². The predicted molar refractivity (Wildman–Crippen MR) is 83.5 cm³/mol. The lowest BCUT2D eigenvalue weighted by atomic mass is 10.2. The molecule has 0 radical (unpaired) electrons. The van der Waals surface area contributed by atoms with Crippen LogP contribution >= 0.6 is 11.3 Å². The van der Waals surface area contributed by atoms with Crippen LogP contribution in [0.25, 0.3) is 0 Å². The molecule has 0 unspecified atom stereocenters. The molecule has 0 aliphatic carbocycles. The Bertz CT molecular complexity index is 548. The summed E-state index contributed by atoms with van der Waals surface area (Å²) >= 11 is 1.76. The van der Waals surface area contributed by atoms with Crippen LogP contribution in [0.5, 0.6) is 0 Å². The molecule has 0 bridgehead atoms. The quantitative estimate of drug-likeness (QED) is 0.903. The molecule has 0 aliphatic rings. The van der Waals surface area contributed by atoms with Crippen LogP contribution in [0, 0.1) is 13.8 Å². The minimum Gasteiger partial charge on any atom is -0.321 e. The van der Waals surface area contributed by atoms with Crippen molar-refractivity contribution in [2.24, 2.45) is 0 Å². The van der Waals surface area contributed by atoms with Crippen molar-refractivity contribution in [3.8, 4) is 0 Å². The molecular formula is C15H21N3S. The van der Waals surface area contributed by atoms with Gasteiger partial charge in [-0.2, -0.15) is 0 Å². The van der Waals surface area contributed by atoms with E-state index in [1.54, 1.807) is 11.3 Å². The van der Waals surface area contributed by atoms with Gasteiger partial charge in [-0.05, 0) is 32.0 Å². The molecule has 19 heavy (non-hydrogen) atoms. The first-order valence-corrected chi connectivity index (χ1v) is 7.41. The summed E-state index contributed by atoms with van der Waals surface area (Å²) in [5, 5.41) is 4.42. The number of aryl methyl sites for hydroxylation is 2. The molecule has 0 saturated heterocycles. The van der Waals surface area contributed by atoms with Crippen LogP contribution in [0.4, 0.5) is 10.8 Å². The smallest absolute Gasteiger partial charge is 0.190 e. The second-order valence-electron chi connectivity index (χ2n) is 4.63. The van der Waals surface area contributed by atoms with Crippen molar-refractivity contribution in [3.63, 3.8) is 0 Å². The summed E-state index contributed by atoms with van der Waals surface area (Å²) in [6.07, 6.45) is 0. The predicted octanol–water partition coefficient (Wildman–Crippen LogP) is 3.64. The van der Waals surface area contributed by atoms with Crippen molar-refractivity contribution in [1.82, 2.24) is 10.3 Å². The standard InChI is InChI=1S/C15H21N3S/c1-5-16-10-14-12(3)17-15(19-14)18(4)13-9-7-6-8-11(13)2/h6-9,16H,5,10H2,1-4H3. The normalized spacial score (nSPS) is 10.7. The lowest BCUT2D eigenvalue weighted by Crippen LogP contribution is -2.11. The van der Waals surface area contributed by atoms with E-state index < -0.39 is 0 Å². The molecule has 0 aliphatic heterocycles. The Morgan fingerprint density at radius 2 is 2.00 bits per heavy atom. The maximum Gasteiger partial charge on any atom is 0.190 e. The Labute approximate surface area is 119 Å². The van der Waals surface area contributed by atoms with Gasteiger partial charge in [-0.15, -0.1) is 0 Å². The van der Waals surface area contributed by atoms with Crippen LogP contribution < -0.4 is 10.2 Å². The number of anilines is 2. The topological polar surface area (TPSA) is 28.2 Å². The number of rotatable bonds is 5. The molecule has 102 valence electrons. The molecule has 2 rings (SSSR count). The summed E-state index contributed by atoms with van der Waals surface area (Å²) in [5.41, 5.74) is 3.61. The lowest BCUT2D eigenvalue weighted by Gasteiger charge is -2.18. The molecule has 0 atom stereocenters. The van der Waals surface area contributed by atoms with E-state index in [4.69, 9.17) is 0 Å². The van der Waals surface area contributed by atoms with Gasteiger partial charge in [0.2, 0.25) is 0 Å². The van der Waals surface area contributed by atoms with Gasteiger partial charge in [0.1, 0.15) is 0 Å². The van der Waals surface area contributed by atoms with Crippen molar-refractivity contribution in [2.75, 3.05) is 18.5 Å². The number of hydrogen-bond donors (Lipinski definition) is 1. The van der Waals surface area contributed by atoms with Crippen LogP contribution in [0.2, 0.25) is 0 Å².